The second-order valence-electron chi connectivity index (χ2n) is 4.67. The van der Waals surface area contributed by atoms with Gasteiger partial charge in [-0.3, -0.25) is 0 Å². The smallest absolute Gasteiger partial charge is 0.0184 e. The van der Waals surface area contributed by atoms with Crippen molar-refractivity contribution in [3.8, 4) is 0 Å². The Kier molecular flexibility index (Phi) is 4.30. The zero-order valence-corrected chi connectivity index (χ0v) is 11.1. The Balaban J connectivity index is 1.82. The van der Waals surface area contributed by atoms with Crippen LogP contribution in [-0.4, -0.2) is 24.1 Å². The molecule has 2 rings (SSSR count). The molecule has 16 heavy (non-hydrogen) atoms. The lowest BCUT2D eigenvalue weighted by molar-refractivity contribution is 0.858. The first-order valence-corrected chi connectivity index (χ1v) is 7.19. The van der Waals surface area contributed by atoms with Crippen molar-refractivity contribution in [3.05, 3.63) is 34.9 Å². The molecule has 0 aliphatic carbocycles. The molecule has 0 bridgehead atoms. The normalized spacial score (nSPS) is 20.2. The van der Waals surface area contributed by atoms with Crippen LogP contribution in [0, 0.1) is 13.8 Å². The SMILES string of the molecule is Cc1ccc(C)c(CCSC2CCNC2)c1. The van der Waals surface area contributed by atoms with Crippen LogP contribution in [0.2, 0.25) is 0 Å². The van der Waals surface area contributed by atoms with E-state index in [-0.39, 0.29) is 0 Å². The van der Waals surface area contributed by atoms with Gasteiger partial charge in [0.2, 0.25) is 0 Å². The van der Waals surface area contributed by atoms with E-state index < -0.39 is 0 Å². The quantitative estimate of drug-likeness (QED) is 0.861. The van der Waals surface area contributed by atoms with Crippen molar-refractivity contribution < 1.29 is 0 Å². The summed E-state index contributed by atoms with van der Waals surface area (Å²) in [4.78, 5) is 0. The first-order valence-electron chi connectivity index (χ1n) is 6.14. The molecule has 2 heteroatoms. The molecule has 0 saturated carbocycles. The third-order valence-electron chi connectivity index (χ3n) is 3.24. The molecule has 1 nitrogen and oxygen atoms in total. The summed E-state index contributed by atoms with van der Waals surface area (Å²) in [7, 11) is 0. The first kappa shape index (κ1) is 12.0. The van der Waals surface area contributed by atoms with E-state index in [1.54, 1.807) is 0 Å². The van der Waals surface area contributed by atoms with E-state index >= 15 is 0 Å². The van der Waals surface area contributed by atoms with Crippen molar-refractivity contribution in [2.45, 2.75) is 31.9 Å². The molecular weight excluding hydrogens is 214 g/mol. The minimum Gasteiger partial charge on any atom is -0.316 e. The molecule has 1 aliphatic heterocycles. The third-order valence-corrected chi connectivity index (χ3v) is 4.56. The number of thioether (sulfide) groups is 1. The number of hydrogen-bond acceptors (Lipinski definition) is 2. The van der Waals surface area contributed by atoms with E-state index in [1.165, 1.54) is 48.4 Å². The van der Waals surface area contributed by atoms with Crippen LogP contribution in [0.25, 0.3) is 0 Å². The Hall–Kier alpha value is -0.470. The van der Waals surface area contributed by atoms with Crippen LogP contribution in [0.15, 0.2) is 18.2 Å². The number of aryl methyl sites for hydroxylation is 3. The van der Waals surface area contributed by atoms with Gasteiger partial charge >= 0.3 is 0 Å². The van der Waals surface area contributed by atoms with Crippen LogP contribution in [0.5, 0.6) is 0 Å². The van der Waals surface area contributed by atoms with Crippen molar-refractivity contribution in [2.24, 2.45) is 0 Å². The zero-order chi connectivity index (χ0) is 11.4. The highest BCUT2D eigenvalue weighted by molar-refractivity contribution is 7.99. The van der Waals surface area contributed by atoms with E-state index in [0.717, 1.165) is 5.25 Å². The molecule has 0 amide bonds. The second kappa shape index (κ2) is 5.74. The van der Waals surface area contributed by atoms with Crippen molar-refractivity contribution >= 4 is 11.8 Å². The molecule has 1 aromatic rings. The van der Waals surface area contributed by atoms with Gasteiger partial charge in [0.25, 0.3) is 0 Å². The highest BCUT2D eigenvalue weighted by Gasteiger charge is 2.14. The van der Waals surface area contributed by atoms with Crippen molar-refractivity contribution in [1.29, 1.82) is 0 Å². The molecule has 0 spiro atoms. The number of hydrogen-bond donors (Lipinski definition) is 1. The number of benzene rings is 1. The summed E-state index contributed by atoms with van der Waals surface area (Å²) in [6, 6.07) is 6.78. The van der Waals surface area contributed by atoms with Crippen LogP contribution in [0.3, 0.4) is 0 Å². The molecule has 1 fully saturated rings. The van der Waals surface area contributed by atoms with E-state index in [4.69, 9.17) is 0 Å². The Labute approximate surface area is 103 Å². The number of rotatable bonds is 4. The zero-order valence-electron chi connectivity index (χ0n) is 10.3. The molecule has 88 valence electrons. The van der Waals surface area contributed by atoms with E-state index in [0.29, 0.717) is 0 Å². The minimum atomic E-state index is 0.852. The largest absolute Gasteiger partial charge is 0.316 e. The summed E-state index contributed by atoms with van der Waals surface area (Å²) in [5.41, 5.74) is 4.35. The first-order chi connectivity index (χ1) is 7.75. The van der Waals surface area contributed by atoms with Gasteiger partial charge in [-0.15, -0.1) is 0 Å². The molecule has 1 aliphatic rings. The summed E-state index contributed by atoms with van der Waals surface area (Å²) >= 11 is 2.13. The highest BCUT2D eigenvalue weighted by atomic mass is 32.2. The molecule has 1 unspecified atom stereocenters. The fourth-order valence-corrected chi connectivity index (χ4v) is 3.37. The number of nitrogens with one attached hydrogen (secondary N) is 1. The topological polar surface area (TPSA) is 12.0 Å². The van der Waals surface area contributed by atoms with Crippen LogP contribution >= 0.6 is 11.8 Å². The fourth-order valence-electron chi connectivity index (χ4n) is 2.18. The average Bonchev–Trinajstić information content (AvgIpc) is 2.76. The summed E-state index contributed by atoms with van der Waals surface area (Å²) in [5, 5.41) is 4.27. The van der Waals surface area contributed by atoms with Crippen molar-refractivity contribution in [1.82, 2.24) is 5.32 Å². The lowest BCUT2D eigenvalue weighted by Crippen LogP contribution is -2.11. The van der Waals surface area contributed by atoms with Gasteiger partial charge in [0.05, 0.1) is 0 Å². The minimum absolute atomic E-state index is 0.852. The Morgan fingerprint density at radius 1 is 1.38 bits per heavy atom. The molecular formula is C14H21NS. The lowest BCUT2D eigenvalue weighted by atomic mass is 10.0. The predicted molar refractivity (Wildman–Crippen MR) is 73.4 cm³/mol. The standard InChI is InChI=1S/C14H21NS/c1-11-3-4-12(2)13(9-11)6-8-16-14-5-7-15-10-14/h3-4,9,14-15H,5-8,10H2,1-2H3. The van der Waals surface area contributed by atoms with E-state index in [9.17, 15) is 0 Å². The Morgan fingerprint density at radius 2 is 2.25 bits per heavy atom. The lowest BCUT2D eigenvalue weighted by Gasteiger charge is -2.10. The Morgan fingerprint density at radius 3 is 3.00 bits per heavy atom. The second-order valence-corrected chi connectivity index (χ2v) is 6.07. The van der Waals surface area contributed by atoms with E-state index in [1.807, 2.05) is 0 Å². The monoisotopic (exact) mass is 235 g/mol. The third kappa shape index (κ3) is 3.26. The van der Waals surface area contributed by atoms with E-state index in [2.05, 4.69) is 49.1 Å². The fraction of sp³-hybridized carbons (Fsp3) is 0.571. The van der Waals surface area contributed by atoms with Gasteiger partial charge in [0.15, 0.2) is 0 Å². The summed E-state index contributed by atoms with van der Waals surface area (Å²) in [5.74, 6) is 1.26. The summed E-state index contributed by atoms with van der Waals surface area (Å²) in [6.45, 7) is 6.81. The predicted octanol–water partition coefficient (Wildman–Crippen LogP) is 2.94. The maximum absolute atomic E-state index is 3.42. The average molecular weight is 235 g/mol. The molecule has 1 aromatic carbocycles. The van der Waals surface area contributed by atoms with Crippen LogP contribution < -0.4 is 5.32 Å². The summed E-state index contributed by atoms with van der Waals surface area (Å²) in [6.07, 6.45) is 2.56. The van der Waals surface area contributed by atoms with Gasteiger partial charge in [0, 0.05) is 11.8 Å². The highest BCUT2D eigenvalue weighted by Crippen LogP contribution is 2.20. The van der Waals surface area contributed by atoms with Gasteiger partial charge in [-0.1, -0.05) is 23.8 Å². The molecule has 0 radical (unpaired) electrons. The van der Waals surface area contributed by atoms with Gasteiger partial charge in [0.1, 0.15) is 0 Å². The van der Waals surface area contributed by atoms with Crippen LogP contribution in [0.1, 0.15) is 23.1 Å². The maximum atomic E-state index is 3.42. The Bertz CT molecular complexity index is 343. The molecule has 1 atom stereocenters. The van der Waals surface area contributed by atoms with Crippen molar-refractivity contribution in [2.75, 3.05) is 18.8 Å². The molecule has 0 aromatic heterocycles. The molecule has 1 heterocycles. The molecule has 1 N–H and O–H groups in total. The van der Waals surface area contributed by atoms with Gasteiger partial charge in [-0.25, -0.2) is 0 Å². The molecule has 1 saturated heterocycles. The van der Waals surface area contributed by atoms with Crippen LogP contribution in [-0.2, 0) is 6.42 Å². The van der Waals surface area contributed by atoms with Crippen LogP contribution in [0.4, 0.5) is 0 Å². The van der Waals surface area contributed by atoms with Gasteiger partial charge in [-0.05, 0) is 50.1 Å². The van der Waals surface area contributed by atoms with Gasteiger partial charge in [-0.2, -0.15) is 11.8 Å². The summed E-state index contributed by atoms with van der Waals surface area (Å²) < 4.78 is 0. The van der Waals surface area contributed by atoms with Crippen molar-refractivity contribution in [3.63, 3.8) is 0 Å². The van der Waals surface area contributed by atoms with Gasteiger partial charge < -0.3 is 5.32 Å². The maximum Gasteiger partial charge on any atom is 0.0184 e.